The highest BCUT2D eigenvalue weighted by atomic mass is 16.5. The lowest BCUT2D eigenvalue weighted by atomic mass is 9.88. The van der Waals surface area contributed by atoms with E-state index >= 15 is 0 Å². The van der Waals surface area contributed by atoms with Gasteiger partial charge in [0.15, 0.2) is 0 Å². The van der Waals surface area contributed by atoms with Crippen molar-refractivity contribution >= 4 is 5.97 Å². The Morgan fingerprint density at radius 3 is 2.47 bits per heavy atom. The van der Waals surface area contributed by atoms with Gasteiger partial charge in [-0.15, -0.1) is 0 Å². The summed E-state index contributed by atoms with van der Waals surface area (Å²) in [6, 6.07) is 0. The van der Waals surface area contributed by atoms with Crippen LogP contribution in [-0.2, 0) is 9.53 Å². The highest BCUT2D eigenvalue weighted by molar-refractivity contribution is 5.72. The van der Waals surface area contributed by atoms with E-state index in [-0.39, 0.29) is 11.9 Å². The zero-order valence-electron chi connectivity index (χ0n) is 10.7. The van der Waals surface area contributed by atoms with Gasteiger partial charge >= 0.3 is 5.97 Å². The molecule has 0 N–H and O–H groups in total. The smallest absolute Gasteiger partial charge is 0.308 e. The third kappa shape index (κ3) is 2.51. The first-order valence-corrected chi connectivity index (χ1v) is 7.49. The topological polar surface area (TPSA) is 26.3 Å². The van der Waals surface area contributed by atoms with Gasteiger partial charge in [0.05, 0.1) is 12.5 Å². The van der Waals surface area contributed by atoms with Crippen molar-refractivity contribution in [2.45, 2.75) is 57.8 Å². The largest absolute Gasteiger partial charge is 0.465 e. The monoisotopic (exact) mass is 236 g/mol. The molecule has 0 aromatic rings. The first-order chi connectivity index (χ1) is 8.33. The standard InChI is InChI=1S/C15H24O2/c16-15(12-4-2-1-3-5-12)17-10-14-9-11-6-7-13(14)8-11/h11-14H,1-10H2. The van der Waals surface area contributed by atoms with Crippen LogP contribution in [0.4, 0.5) is 0 Å². The maximum atomic E-state index is 11.9. The lowest BCUT2D eigenvalue weighted by Gasteiger charge is -2.24. The molecule has 3 unspecified atom stereocenters. The Hall–Kier alpha value is -0.530. The second-order valence-electron chi connectivity index (χ2n) is 6.40. The average molecular weight is 236 g/mol. The number of esters is 1. The Labute approximate surface area is 104 Å². The molecule has 3 aliphatic carbocycles. The third-order valence-corrected chi connectivity index (χ3v) is 5.26. The van der Waals surface area contributed by atoms with E-state index in [1.54, 1.807) is 0 Å². The number of rotatable bonds is 3. The van der Waals surface area contributed by atoms with Crippen molar-refractivity contribution in [1.29, 1.82) is 0 Å². The van der Waals surface area contributed by atoms with E-state index in [1.165, 1.54) is 44.9 Å². The van der Waals surface area contributed by atoms with Crippen LogP contribution in [0, 0.1) is 23.7 Å². The summed E-state index contributed by atoms with van der Waals surface area (Å²) < 4.78 is 5.58. The van der Waals surface area contributed by atoms with Crippen molar-refractivity contribution in [1.82, 2.24) is 0 Å². The first kappa shape index (κ1) is 11.6. The molecule has 17 heavy (non-hydrogen) atoms. The van der Waals surface area contributed by atoms with Crippen LogP contribution in [0.25, 0.3) is 0 Å². The number of hydrogen-bond donors (Lipinski definition) is 0. The van der Waals surface area contributed by atoms with Gasteiger partial charge in [0.25, 0.3) is 0 Å². The molecule has 2 heteroatoms. The molecule has 96 valence electrons. The van der Waals surface area contributed by atoms with E-state index in [1.807, 2.05) is 0 Å². The highest BCUT2D eigenvalue weighted by Gasteiger charge is 2.40. The van der Waals surface area contributed by atoms with Gasteiger partial charge in [0, 0.05) is 0 Å². The van der Waals surface area contributed by atoms with Crippen molar-refractivity contribution < 1.29 is 9.53 Å². The molecule has 3 atom stereocenters. The van der Waals surface area contributed by atoms with Gasteiger partial charge in [0.2, 0.25) is 0 Å². The maximum Gasteiger partial charge on any atom is 0.308 e. The molecule has 0 radical (unpaired) electrons. The number of hydrogen-bond acceptors (Lipinski definition) is 2. The van der Waals surface area contributed by atoms with E-state index in [2.05, 4.69) is 0 Å². The Morgan fingerprint density at radius 1 is 1.00 bits per heavy atom. The van der Waals surface area contributed by atoms with E-state index in [0.717, 1.165) is 31.3 Å². The van der Waals surface area contributed by atoms with E-state index in [4.69, 9.17) is 4.74 Å². The van der Waals surface area contributed by atoms with E-state index in [9.17, 15) is 4.79 Å². The average Bonchev–Trinajstić information content (AvgIpc) is 2.99. The minimum atomic E-state index is 0.104. The number of ether oxygens (including phenoxy) is 1. The summed E-state index contributed by atoms with van der Waals surface area (Å²) in [5.74, 6) is 2.86. The van der Waals surface area contributed by atoms with Crippen LogP contribution in [0.5, 0.6) is 0 Å². The van der Waals surface area contributed by atoms with Crippen molar-refractivity contribution in [2.24, 2.45) is 23.7 Å². The second-order valence-corrected chi connectivity index (χ2v) is 6.40. The molecule has 0 aromatic carbocycles. The SMILES string of the molecule is O=C(OCC1CC2CCC1C2)C1CCCCC1. The predicted octanol–water partition coefficient (Wildman–Crippen LogP) is 3.55. The van der Waals surface area contributed by atoms with E-state index < -0.39 is 0 Å². The molecule has 0 spiro atoms. The van der Waals surface area contributed by atoms with Crippen LogP contribution in [0.1, 0.15) is 57.8 Å². The van der Waals surface area contributed by atoms with Gasteiger partial charge in [-0.2, -0.15) is 0 Å². The van der Waals surface area contributed by atoms with Crippen LogP contribution in [0.3, 0.4) is 0 Å². The molecular formula is C15H24O2. The molecule has 2 bridgehead atoms. The van der Waals surface area contributed by atoms with Gasteiger partial charge in [-0.25, -0.2) is 0 Å². The fourth-order valence-electron chi connectivity index (χ4n) is 4.23. The summed E-state index contributed by atoms with van der Waals surface area (Å²) in [6.07, 6.45) is 11.4. The quantitative estimate of drug-likeness (QED) is 0.700. The summed E-state index contributed by atoms with van der Waals surface area (Å²) >= 11 is 0. The van der Waals surface area contributed by atoms with Gasteiger partial charge < -0.3 is 4.74 Å². The molecule has 0 saturated heterocycles. The normalized spacial score (nSPS) is 37.3. The number of carbonyl (C=O) groups is 1. The molecule has 0 heterocycles. The third-order valence-electron chi connectivity index (χ3n) is 5.26. The molecule has 2 nitrogen and oxygen atoms in total. The van der Waals surface area contributed by atoms with Crippen LogP contribution >= 0.6 is 0 Å². The van der Waals surface area contributed by atoms with Gasteiger partial charge in [-0.05, 0) is 49.9 Å². The number of carbonyl (C=O) groups excluding carboxylic acids is 1. The van der Waals surface area contributed by atoms with Crippen LogP contribution < -0.4 is 0 Å². The lowest BCUT2D eigenvalue weighted by molar-refractivity contribution is -0.151. The molecule has 3 aliphatic rings. The fraction of sp³-hybridized carbons (Fsp3) is 0.933. The van der Waals surface area contributed by atoms with Crippen LogP contribution in [0.15, 0.2) is 0 Å². The Morgan fingerprint density at radius 2 is 1.82 bits per heavy atom. The van der Waals surface area contributed by atoms with Crippen LogP contribution in [0.2, 0.25) is 0 Å². The summed E-state index contributed by atoms with van der Waals surface area (Å²) in [7, 11) is 0. The first-order valence-electron chi connectivity index (χ1n) is 7.49. The maximum absolute atomic E-state index is 11.9. The van der Waals surface area contributed by atoms with Gasteiger partial charge in [0.1, 0.15) is 0 Å². The van der Waals surface area contributed by atoms with Crippen molar-refractivity contribution in [3.05, 3.63) is 0 Å². The van der Waals surface area contributed by atoms with Crippen molar-refractivity contribution in [2.75, 3.05) is 6.61 Å². The molecule has 0 aromatic heterocycles. The minimum Gasteiger partial charge on any atom is -0.465 e. The van der Waals surface area contributed by atoms with Gasteiger partial charge in [-0.3, -0.25) is 4.79 Å². The molecular weight excluding hydrogens is 212 g/mol. The summed E-state index contributed by atoms with van der Waals surface area (Å²) in [4.78, 5) is 11.9. The van der Waals surface area contributed by atoms with E-state index in [0.29, 0.717) is 5.92 Å². The molecule has 0 aliphatic heterocycles. The Balaban J connectivity index is 1.43. The van der Waals surface area contributed by atoms with Gasteiger partial charge in [-0.1, -0.05) is 25.7 Å². The second kappa shape index (κ2) is 4.99. The summed E-state index contributed by atoms with van der Waals surface area (Å²) in [5.41, 5.74) is 0. The molecule has 3 fully saturated rings. The predicted molar refractivity (Wildman–Crippen MR) is 66.5 cm³/mol. The van der Waals surface area contributed by atoms with Crippen LogP contribution in [-0.4, -0.2) is 12.6 Å². The molecule has 3 saturated carbocycles. The minimum absolute atomic E-state index is 0.104. The summed E-state index contributed by atoms with van der Waals surface area (Å²) in [6.45, 7) is 0.719. The Kier molecular flexibility index (Phi) is 3.39. The summed E-state index contributed by atoms with van der Waals surface area (Å²) in [5, 5.41) is 0. The number of fused-ring (bicyclic) bond motifs is 2. The zero-order valence-corrected chi connectivity index (χ0v) is 10.7. The lowest BCUT2D eigenvalue weighted by Crippen LogP contribution is -2.25. The molecule has 0 amide bonds. The highest BCUT2D eigenvalue weighted by Crippen LogP contribution is 2.48. The van der Waals surface area contributed by atoms with Crippen molar-refractivity contribution in [3.8, 4) is 0 Å². The Bertz CT molecular complexity index is 281. The molecule has 3 rings (SSSR count). The zero-order chi connectivity index (χ0) is 11.7. The van der Waals surface area contributed by atoms with Crippen molar-refractivity contribution in [3.63, 3.8) is 0 Å². The fourth-order valence-corrected chi connectivity index (χ4v) is 4.23.